The number of nitrogens with one attached hydrogen (secondary N) is 1. The summed E-state index contributed by atoms with van der Waals surface area (Å²) in [5.41, 5.74) is -0.362. The molecule has 1 aromatic heterocycles. The number of halogens is 1. The fraction of sp³-hybridized carbons (Fsp3) is 0.524. The highest BCUT2D eigenvalue weighted by molar-refractivity contribution is 7.99. The van der Waals surface area contributed by atoms with Crippen LogP contribution in [0.2, 0.25) is 5.02 Å². The molecule has 1 heterocycles. The zero-order valence-electron chi connectivity index (χ0n) is 16.7. The van der Waals surface area contributed by atoms with Crippen LogP contribution in [0.1, 0.15) is 46.0 Å². The normalized spacial score (nSPS) is 16.0. The molecule has 1 aliphatic rings. The van der Waals surface area contributed by atoms with Gasteiger partial charge in [0.25, 0.3) is 5.56 Å². The molecule has 154 valence electrons. The van der Waals surface area contributed by atoms with Gasteiger partial charge in [0.1, 0.15) is 5.54 Å². The van der Waals surface area contributed by atoms with E-state index in [4.69, 9.17) is 11.6 Å². The van der Waals surface area contributed by atoms with Gasteiger partial charge < -0.3 is 5.32 Å². The van der Waals surface area contributed by atoms with Crippen molar-refractivity contribution in [1.29, 1.82) is 5.26 Å². The summed E-state index contributed by atoms with van der Waals surface area (Å²) in [6, 6.07) is 7.34. The summed E-state index contributed by atoms with van der Waals surface area (Å²) in [5.74, 6) is 0.135. The Hall–Kier alpha value is -2.04. The van der Waals surface area contributed by atoms with Crippen LogP contribution in [0.25, 0.3) is 10.9 Å². The minimum atomic E-state index is -0.763. The Kier molecular flexibility index (Phi) is 6.86. The van der Waals surface area contributed by atoms with E-state index in [2.05, 4.69) is 16.4 Å². The van der Waals surface area contributed by atoms with Gasteiger partial charge >= 0.3 is 0 Å². The summed E-state index contributed by atoms with van der Waals surface area (Å²) in [6.45, 7) is 4.55. The molecule has 0 spiro atoms. The molecule has 0 bridgehead atoms. The lowest BCUT2D eigenvalue weighted by Gasteiger charge is -2.31. The molecular formula is C21H25ClN4O2S. The van der Waals surface area contributed by atoms with Crippen LogP contribution >= 0.6 is 23.4 Å². The Morgan fingerprint density at radius 3 is 2.76 bits per heavy atom. The summed E-state index contributed by atoms with van der Waals surface area (Å²) in [6.07, 6.45) is 4.37. The Morgan fingerprint density at radius 1 is 1.38 bits per heavy atom. The van der Waals surface area contributed by atoms with E-state index in [1.165, 1.54) is 11.8 Å². The third-order valence-electron chi connectivity index (χ3n) is 5.06. The first-order chi connectivity index (χ1) is 13.8. The van der Waals surface area contributed by atoms with Crippen molar-refractivity contribution in [2.75, 3.05) is 5.75 Å². The fourth-order valence-corrected chi connectivity index (χ4v) is 4.64. The molecule has 3 rings (SSSR count). The van der Waals surface area contributed by atoms with E-state index in [9.17, 15) is 14.9 Å². The van der Waals surface area contributed by atoms with Gasteiger partial charge in [0.15, 0.2) is 5.16 Å². The Labute approximate surface area is 179 Å². The number of carbonyl (C=O) groups is 1. The first-order valence-corrected chi connectivity index (χ1v) is 11.2. The van der Waals surface area contributed by atoms with Gasteiger partial charge in [0.2, 0.25) is 5.91 Å². The lowest BCUT2D eigenvalue weighted by Crippen LogP contribution is -2.49. The van der Waals surface area contributed by atoms with Crippen LogP contribution < -0.4 is 10.9 Å². The zero-order valence-corrected chi connectivity index (χ0v) is 18.3. The van der Waals surface area contributed by atoms with Crippen molar-refractivity contribution in [2.45, 2.75) is 63.2 Å². The van der Waals surface area contributed by atoms with Crippen molar-refractivity contribution in [2.24, 2.45) is 5.92 Å². The number of nitrogens with zero attached hydrogens (tertiary/aromatic N) is 3. The molecule has 0 saturated heterocycles. The number of thioether (sulfide) groups is 1. The van der Waals surface area contributed by atoms with Crippen LogP contribution in [0.4, 0.5) is 0 Å². The first kappa shape index (κ1) is 21.7. The molecule has 2 aromatic rings. The summed E-state index contributed by atoms with van der Waals surface area (Å²) in [4.78, 5) is 30.2. The minimum Gasteiger partial charge on any atom is -0.337 e. The van der Waals surface area contributed by atoms with Gasteiger partial charge in [-0.05, 0) is 37.0 Å². The van der Waals surface area contributed by atoms with E-state index in [1.54, 1.807) is 22.8 Å². The number of fused-ring (bicyclic) bond motifs is 1. The smallest absolute Gasteiger partial charge is 0.262 e. The highest BCUT2D eigenvalue weighted by Gasteiger charge is 2.33. The van der Waals surface area contributed by atoms with Crippen molar-refractivity contribution < 1.29 is 4.79 Å². The third kappa shape index (κ3) is 5.12. The fourth-order valence-electron chi connectivity index (χ4n) is 3.66. The largest absolute Gasteiger partial charge is 0.337 e. The van der Waals surface area contributed by atoms with E-state index < -0.39 is 5.54 Å². The van der Waals surface area contributed by atoms with Crippen LogP contribution in [0, 0.1) is 17.2 Å². The highest BCUT2D eigenvalue weighted by Crippen LogP contribution is 2.28. The lowest BCUT2D eigenvalue weighted by atomic mass is 9.83. The van der Waals surface area contributed by atoms with Crippen molar-refractivity contribution in [3.63, 3.8) is 0 Å². The standard InChI is InChI=1S/C21H25ClN4O2S/c1-14(2)11-26-19(28)16-10-15(22)6-7-17(16)24-20(26)29-12-18(27)25-21(13-23)8-4-3-5-9-21/h6-7,10,14H,3-5,8-9,11-12H2,1-2H3,(H,25,27). The number of rotatable bonds is 6. The van der Waals surface area contributed by atoms with E-state index in [0.29, 0.717) is 40.5 Å². The summed E-state index contributed by atoms with van der Waals surface area (Å²) in [5, 5.41) is 13.9. The number of hydrogen-bond donors (Lipinski definition) is 1. The van der Waals surface area contributed by atoms with E-state index in [1.807, 2.05) is 13.8 Å². The second-order valence-electron chi connectivity index (χ2n) is 7.96. The van der Waals surface area contributed by atoms with Gasteiger partial charge in [0.05, 0.1) is 22.7 Å². The second kappa shape index (κ2) is 9.19. The van der Waals surface area contributed by atoms with E-state index >= 15 is 0 Å². The summed E-state index contributed by atoms with van der Waals surface area (Å²) in [7, 11) is 0. The molecule has 1 amide bonds. The van der Waals surface area contributed by atoms with Crippen molar-refractivity contribution >= 4 is 40.2 Å². The van der Waals surface area contributed by atoms with Gasteiger partial charge in [-0.15, -0.1) is 0 Å². The number of benzene rings is 1. The second-order valence-corrected chi connectivity index (χ2v) is 9.34. The van der Waals surface area contributed by atoms with E-state index in [-0.39, 0.29) is 23.1 Å². The number of hydrogen-bond acceptors (Lipinski definition) is 5. The third-order valence-corrected chi connectivity index (χ3v) is 6.27. The number of aromatic nitrogens is 2. The molecule has 8 heteroatoms. The molecule has 1 saturated carbocycles. The Bertz CT molecular complexity index is 1010. The Morgan fingerprint density at radius 2 is 2.10 bits per heavy atom. The average Bonchev–Trinajstić information content (AvgIpc) is 2.70. The maximum absolute atomic E-state index is 13.0. The maximum Gasteiger partial charge on any atom is 0.262 e. The Balaban J connectivity index is 1.83. The molecule has 0 atom stereocenters. The van der Waals surface area contributed by atoms with Gasteiger partial charge in [-0.3, -0.25) is 14.2 Å². The van der Waals surface area contributed by atoms with Gasteiger partial charge in [-0.1, -0.05) is 56.5 Å². The quantitative estimate of drug-likeness (QED) is 0.547. The van der Waals surface area contributed by atoms with Crippen LogP contribution in [-0.4, -0.2) is 26.8 Å². The summed E-state index contributed by atoms with van der Waals surface area (Å²) >= 11 is 7.28. The molecule has 0 unspecified atom stereocenters. The molecule has 1 aromatic carbocycles. The zero-order chi connectivity index (χ0) is 21.0. The molecule has 1 N–H and O–H groups in total. The van der Waals surface area contributed by atoms with Gasteiger partial charge in [-0.2, -0.15) is 5.26 Å². The van der Waals surface area contributed by atoms with Crippen LogP contribution in [-0.2, 0) is 11.3 Å². The van der Waals surface area contributed by atoms with Crippen molar-refractivity contribution in [1.82, 2.24) is 14.9 Å². The first-order valence-electron chi connectivity index (χ1n) is 9.89. The van der Waals surface area contributed by atoms with E-state index in [0.717, 1.165) is 19.3 Å². The molecule has 0 radical (unpaired) electrons. The summed E-state index contributed by atoms with van der Waals surface area (Å²) < 4.78 is 1.61. The molecule has 29 heavy (non-hydrogen) atoms. The van der Waals surface area contributed by atoms with Crippen LogP contribution in [0.3, 0.4) is 0 Å². The van der Waals surface area contributed by atoms with Crippen LogP contribution in [0.15, 0.2) is 28.2 Å². The lowest BCUT2D eigenvalue weighted by molar-refractivity contribution is -0.120. The minimum absolute atomic E-state index is 0.104. The van der Waals surface area contributed by atoms with Gasteiger partial charge in [0, 0.05) is 11.6 Å². The monoisotopic (exact) mass is 432 g/mol. The predicted octanol–water partition coefficient (Wildman–Crippen LogP) is 4.14. The predicted molar refractivity (Wildman–Crippen MR) is 116 cm³/mol. The number of nitriles is 1. The average molecular weight is 433 g/mol. The number of carbonyl (C=O) groups excluding carboxylic acids is 1. The van der Waals surface area contributed by atoms with Crippen molar-refractivity contribution in [3.05, 3.63) is 33.6 Å². The number of amides is 1. The molecule has 1 fully saturated rings. The topological polar surface area (TPSA) is 87.8 Å². The van der Waals surface area contributed by atoms with Gasteiger partial charge in [-0.25, -0.2) is 4.98 Å². The molecule has 1 aliphatic carbocycles. The molecule has 6 nitrogen and oxygen atoms in total. The van der Waals surface area contributed by atoms with Crippen LogP contribution in [0.5, 0.6) is 0 Å². The maximum atomic E-state index is 13.0. The highest BCUT2D eigenvalue weighted by atomic mass is 35.5. The molecule has 0 aliphatic heterocycles. The SMILES string of the molecule is CC(C)Cn1c(SCC(=O)NC2(C#N)CCCCC2)nc2ccc(Cl)cc2c1=O. The molecular weight excluding hydrogens is 408 g/mol. The van der Waals surface area contributed by atoms with Crippen molar-refractivity contribution in [3.8, 4) is 6.07 Å².